The van der Waals surface area contributed by atoms with Gasteiger partial charge < -0.3 is 15.2 Å². The van der Waals surface area contributed by atoms with E-state index < -0.39 is 0 Å². The molecule has 0 radical (unpaired) electrons. The molecule has 3 rings (SSSR count). The van der Waals surface area contributed by atoms with E-state index in [1.807, 2.05) is 6.07 Å². The smallest absolute Gasteiger partial charge is 0.251 e. The maximum absolute atomic E-state index is 12.3. The molecule has 1 amide bonds. The molecule has 126 valence electrons. The van der Waals surface area contributed by atoms with Crippen LogP contribution in [0, 0.1) is 34.0 Å². The van der Waals surface area contributed by atoms with Crippen LogP contribution in [0.2, 0.25) is 0 Å². The number of rotatable bonds is 5. The molecule has 8 nitrogen and oxygen atoms in total. The van der Waals surface area contributed by atoms with Crippen LogP contribution in [0.4, 0.5) is 5.69 Å². The van der Waals surface area contributed by atoms with Crippen molar-refractivity contribution in [3.63, 3.8) is 0 Å². The van der Waals surface area contributed by atoms with Crippen LogP contribution in [0.5, 0.6) is 0 Å². The number of carbonyl (C=O) groups excluding carboxylic acids is 1. The molecule has 0 atom stereocenters. The van der Waals surface area contributed by atoms with Crippen molar-refractivity contribution >= 4 is 11.6 Å². The Morgan fingerprint density at radius 2 is 1.96 bits per heavy atom. The number of carbonyl (C=O) groups is 1. The zero-order chi connectivity index (χ0) is 18.5. The monoisotopic (exact) mass is 343 g/mol. The van der Waals surface area contributed by atoms with Gasteiger partial charge in [0.15, 0.2) is 5.57 Å². The van der Waals surface area contributed by atoms with Gasteiger partial charge in [0.2, 0.25) is 0 Å². The van der Waals surface area contributed by atoms with Gasteiger partial charge in [0.25, 0.3) is 5.91 Å². The average Bonchev–Trinajstić information content (AvgIpc) is 3.31. The third kappa shape index (κ3) is 3.53. The van der Waals surface area contributed by atoms with Crippen LogP contribution >= 0.6 is 0 Å². The van der Waals surface area contributed by atoms with E-state index in [1.165, 1.54) is 0 Å². The highest BCUT2D eigenvalue weighted by Gasteiger charge is 2.24. The first-order chi connectivity index (χ1) is 12.7. The molecule has 0 bridgehead atoms. The Morgan fingerprint density at radius 1 is 1.19 bits per heavy atom. The van der Waals surface area contributed by atoms with E-state index in [0.29, 0.717) is 16.9 Å². The van der Waals surface area contributed by atoms with Gasteiger partial charge in [0, 0.05) is 24.0 Å². The molecular formula is C18H13N7O. The molecule has 1 aliphatic rings. The molecule has 0 aliphatic heterocycles. The van der Waals surface area contributed by atoms with Crippen LogP contribution < -0.4 is 10.6 Å². The molecule has 1 aromatic carbocycles. The van der Waals surface area contributed by atoms with Crippen molar-refractivity contribution in [1.29, 1.82) is 15.8 Å². The van der Waals surface area contributed by atoms with Crippen LogP contribution in [0.25, 0.3) is 5.69 Å². The first kappa shape index (κ1) is 16.8. The fourth-order valence-corrected chi connectivity index (χ4v) is 2.32. The highest BCUT2D eigenvalue weighted by molar-refractivity contribution is 5.96. The minimum absolute atomic E-state index is 0.184. The number of nitriles is 3. The molecule has 0 spiro atoms. The largest absolute Gasteiger partial charge is 0.349 e. The lowest BCUT2D eigenvalue weighted by molar-refractivity contribution is 0.0951. The lowest BCUT2D eigenvalue weighted by Crippen LogP contribution is -2.25. The Bertz CT molecular complexity index is 980. The summed E-state index contributed by atoms with van der Waals surface area (Å²) in [5, 5.41) is 33.0. The summed E-state index contributed by atoms with van der Waals surface area (Å²) in [5.41, 5.74) is 0.920. The lowest BCUT2D eigenvalue weighted by Gasteiger charge is -2.14. The van der Waals surface area contributed by atoms with Gasteiger partial charge in [0.05, 0.1) is 17.7 Å². The molecular weight excluding hydrogens is 330 g/mol. The molecule has 0 unspecified atom stereocenters. The zero-order valence-electron chi connectivity index (χ0n) is 13.6. The summed E-state index contributed by atoms with van der Waals surface area (Å²) in [5.74, 6) is -0.212. The maximum Gasteiger partial charge on any atom is 0.251 e. The number of nitrogens with one attached hydrogen (secondary N) is 2. The fraction of sp³-hybridized carbons (Fsp3) is 0.167. The van der Waals surface area contributed by atoms with Crippen molar-refractivity contribution in [2.24, 2.45) is 0 Å². The molecule has 8 heteroatoms. The molecule has 1 fully saturated rings. The van der Waals surface area contributed by atoms with Crippen molar-refractivity contribution in [3.8, 4) is 23.9 Å². The SMILES string of the molecule is N#CC(C#N)=C(C#N)Nc1cc(C(=O)NC2CC2)ccc1-n1ccnc1. The van der Waals surface area contributed by atoms with Gasteiger partial charge in [0.1, 0.15) is 23.9 Å². The first-order valence-electron chi connectivity index (χ1n) is 7.81. The average molecular weight is 343 g/mol. The van der Waals surface area contributed by atoms with E-state index in [9.17, 15) is 10.1 Å². The van der Waals surface area contributed by atoms with E-state index in [0.717, 1.165) is 12.8 Å². The second kappa shape index (κ2) is 7.21. The van der Waals surface area contributed by atoms with Gasteiger partial charge in [-0.1, -0.05) is 0 Å². The summed E-state index contributed by atoms with van der Waals surface area (Å²) in [6, 6.07) is 10.4. The summed E-state index contributed by atoms with van der Waals surface area (Å²) in [6.07, 6.45) is 6.80. The molecule has 1 heterocycles. The van der Waals surface area contributed by atoms with Crippen LogP contribution in [0.3, 0.4) is 0 Å². The number of anilines is 1. The van der Waals surface area contributed by atoms with Gasteiger partial charge in [-0.15, -0.1) is 0 Å². The minimum atomic E-state index is -0.336. The second-order valence-corrected chi connectivity index (χ2v) is 5.66. The molecule has 1 aromatic heterocycles. The van der Waals surface area contributed by atoms with Crippen LogP contribution in [-0.2, 0) is 0 Å². The summed E-state index contributed by atoms with van der Waals surface area (Å²) in [7, 11) is 0. The number of amides is 1. The molecule has 1 saturated carbocycles. The predicted molar refractivity (Wildman–Crippen MR) is 91.5 cm³/mol. The van der Waals surface area contributed by atoms with Gasteiger partial charge in [-0.05, 0) is 31.0 Å². The Morgan fingerprint density at radius 3 is 2.54 bits per heavy atom. The highest BCUT2D eigenvalue weighted by Crippen LogP contribution is 2.25. The number of benzene rings is 1. The van der Waals surface area contributed by atoms with E-state index in [-0.39, 0.29) is 23.2 Å². The molecule has 26 heavy (non-hydrogen) atoms. The van der Waals surface area contributed by atoms with Gasteiger partial charge >= 0.3 is 0 Å². The summed E-state index contributed by atoms with van der Waals surface area (Å²) >= 11 is 0. The summed E-state index contributed by atoms with van der Waals surface area (Å²) < 4.78 is 1.69. The zero-order valence-corrected chi connectivity index (χ0v) is 13.6. The van der Waals surface area contributed by atoms with E-state index >= 15 is 0 Å². The molecule has 2 N–H and O–H groups in total. The van der Waals surface area contributed by atoms with Crippen LogP contribution in [0.15, 0.2) is 48.2 Å². The summed E-state index contributed by atoms with van der Waals surface area (Å²) in [6.45, 7) is 0. The number of allylic oxidation sites excluding steroid dienone is 2. The van der Waals surface area contributed by atoms with E-state index in [2.05, 4.69) is 15.6 Å². The standard InChI is InChI=1S/C18H13N7O/c19-8-13(9-20)16(10-21)24-15-7-12(18(26)23-14-2-3-14)1-4-17(15)25-6-5-22-11-25/h1,4-7,11,14,24H,2-3H2,(H,23,26). The molecule has 1 aliphatic carbocycles. The van der Waals surface area contributed by atoms with Crippen molar-refractivity contribution in [2.45, 2.75) is 18.9 Å². The van der Waals surface area contributed by atoms with Crippen LogP contribution in [0.1, 0.15) is 23.2 Å². The first-order valence-corrected chi connectivity index (χ1v) is 7.81. The highest BCUT2D eigenvalue weighted by atomic mass is 16.1. The topological polar surface area (TPSA) is 130 Å². The van der Waals surface area contributed by atoms with E-state index in [4.69, 9.17) is 10.5 Å². The van der Waals surface area contributed by atoms with Crippen molar-refractivity contribution < 1.29 is 4.79 Å². The lowest BCUT2D eigenvalue weighted by atomic mass is 10.1. The van der Waals surface area contributed by atoms with E-state index in [1.54, 1.807) is 53.6 Å². The Hall–Kier alpha value is -4.09. The third-order valence-corrected chi connectivity index (χ3v) is 3.80. The van der Waals surface area contributed by atoms with Crippen molar-refractivity contribution in [3.05, 3.63) is 53.8 Å². The van der Waals surface area contributed by atoms with Crippen molar-refractivity contribution in [1.82, 2.24) is 14.9 Å². The number of hydrogen-bond donors (Lipinski definition) is 2. The van der Waals surface area contributed by atoms with Crippen LogP contribution in [-0.4, -0.2) is 21.5 Å². The fourth-order valence-electron chi connectivity index (χ4n) is 2.32. The second-order valence-electron chi connectivity index (χ2n) is 5.66. The summed E-state index contributed by atoms with van der Waals surface area (Å²) in [4.78, 5) is 16.3. The number of hydrogen-bond acceptors (Lipinski definition) is 6. The minimum Gasteiger partial charge on any atom is -0.349 e. The quantitative estimate of drug-likeness (QED) is 0.798. The van der Waals surface area contributed by atoms with Gasteiger partial charge in [-0.25, -0.2) is 4.98 Å². The maximum atomic E-state index is 12.3. The Kier molecular flexibility index (Phi) is 4.65. The molecule has 2 aromatic rings. The van der Waals surface area contributed by atoms with Gasteiger partial charge in [-0.2, -0.15) is 15.8 Å². The Labute approximate surface area is 149 Å². The number of aromatic nitrogens is 2. The van der Waals surface area contributed by atoms with Gasteiger partial charge in [-0.3, -0.25) is 4.79 Å². The van der Waals surface area contributed by atoms with Crippen molar-refractivity contribution in [2.75, 3.05) is 5.32 Å². The predicted octanol–water partition coefficient (Wildman–Crippen LogP) is 2.00. The number of nitrogens with zero attached hydrogens (tertiary/aromatic N) is 5. The number of imidazole rings is 1. The Balaban J connectivity index is 2.03. The third-order valence-electron chi connectivity index (χ3n) is 3.80. The normalized spacial score (nSPS) is 12.2. The molecule has 0 saturated heterocycles.